The molecule has 0 bridgehead atoms. The van der Waals surface area contributed by atoms with Gasteiger partial charge in [-0.05, 0) is 44.0 Å². The van der Waals surface area contributed by atoms with Crippen LogP contribution in [0.2, 0.25) is 0 Å². The standard InChI is InChI=1S/C16H26N2O2S.ClH/c1-5-16(6-2,11-17)18-15(19)12(3)21-14-9-7-13(20-4)8-10-14;/h7-10,12H,5-6,11,17H2,1-4H3,(H,18,19);1H. The molecule has 22 heavy (non-hydrogen) atoms. The number of rotatable bonds is 8. The number of nitrogens with one attached hydrogen (secondary N) is 1. The Bertz CT molecular complexity index is 442. The Labute approximate surface area is 144 Å². The normalized spacial score (nSPS) is 12.2. The van der Waals surface area contributed by atoms with E-state index in [2.05, 4.69) is 19.2 Å². The van der Waals surface area contributed by atoms with Gasteiger partial charge in [-0.3, -0.25) is 4.79 Å². The molecule has 0 spiro atoms. The molecule has 1 aromatic carbocycles. The molecule has 0 aliphatic heterocycles. The molecule has 0 saturated carbocycles. The van der Waals surface area contributed by atoms with E-state index >= 15 is 0 Å². The summed E-state index contributed by atoms with van der Waals surface area (Å²) in [4.78, 5) is 13.4. The van der Waals surface area contributed by atoms with Gasteiger partial charge in [0.05, 0.1) is 17.9 Å². The van der Waals surface area contributed by atoms with Crippen molar-refractivity contribution in [2.75, 3.05) is 13.7 Å². The number of thioether (sulfide) groups is 1. The first-order valence-corrected chi connectivity index (χ1v) is 8.21. The Hall–Kier alpha value is -0.910. The summed E-state index contributed by atoms with van der Waals surface area (Å²) in [5.41, 5.74) is 5.54. The molecule has 126 valence electrons. The average molecular weight is 347 g/mol. The van der Waals surface area contributed by atoms with Crippen LogP contribution in [-0.4, -0.2) is 30.4 Å². The van der Waals surface area contributed by atoms with E-state index in [1.165, 1.54) is 11.8 Å². The number of carbonyl (C=O) groups is 1. The summed E-state index contributed by atoms with van der Waals surface area (Å²) >= 11 is 1.53. The third-order valence-corrected chi connectivity index (χ3v) is 4.99. The molecule has 3 N–H and O–H groups in total. The molecule has 0 heterocycles. The number of carbonyl (C=O) groups excluding carboxylic acids is 1. The maximum Gasteiger partial charge on any atom is 0.233 e. The summed E-state index contributed by atoms with van der Waals surface area (Å²) < 4.78 is 5.13. The molecule has 1 rings (SSSR count). The van der Waals surface area contributed by atoms with Crippen molar-refractivity contribution in [1.82, 2.24) is 5.32 Å². The van der Waals surface area contributed by atoms with Gasteiger partial charge in [-0.1, -0.05) is 13.8 Å². The van der Waals surface area contributed by atoms with Gasteiger partial charge in [0.25, 0.3) is 0 Å². The lowest BCUT2D eigenvalue weighted by atomic mass is 9.93. The SMILES string of the molecule is CCC(CC)(CN)NC(=O)C(C)Sc1ccc(OC)cc1.Cl. The van der Waals surface area contributed by atoms with E-state index in [1.54, 1.807) is 7.11 Å². The number of halogens is 1. The number of ether oxygens (including phenoxy) is 1. The number of nitrogens with two attached hydrogens (primary N) is 1. The summed E-state index contributed by atoms with van der Waals surface area (Å²) in [5, 5.41) is 2.95. The van der Waals surface area contributed by atoms with Gasteiger partial charge in [0.1, 0.15) is 5.75 Å². The third kappa shape index (κ3) is 5.71. The fourth-order valence-corrected chi connectivity index (χ4v) is 2.91. The molecule has 6 heteroatoms. The zero-order valence-electron chi connectivity index (χ0n) is 13.7. The largest absolute Gasteiger partial charge is 0.497 e. The zero-order chi connectivity index (χ0) is 15.9. The Morgan fingerprint density at radius 3 is 2.27 bits per heavy atom. The van der Waals surface area contributed by atoms with Gasteiger partial charge in [0, 0.05) is 11.4 Å². The molecule has 0 radical (unpaired) electrons. The first kappa shape index (κ1) is 21.1. The molecule has 0 fully saturated rings. The molecule has 1 aromatic rings. The smallest absolute Gasteiger partial charge is 0.233 e. The summed E-state index contributed by atoms with van der Waals surface area (Å²) in [6, 6.07) is 7.72. The Balaban J connectivity index is 0.00000441. The first-order chi connectivity index (χ1) is 10.00. The Kier molecular flexibility index (Phi) is 9.56. The molecule has 1 amide bonds. The second-order valence-corrected chi connectivity index (χ2v) is 6.53. The maximum atomic E-state index is 12.4. The molecular weight excluding hydrogens is 320 g/mol. The van der Waals surface area contributed by atoms with Crippen LogP contribution in [0.1, 0.15) is 33.6 Å². The summed E-state index contributed by atoms with van der Waals surface area (Å²) in [6.45, 7) is 6.48. The van der Waals surface area contributed by atoms with Crippen molar-refractivity contribution in [2.24, 2.45) is 5.73 Å². The first-order valence-electron chi connectivity index (χ1n) is 7.33. The van der Waals surface area contributed by atoms with Crippen molar-refractivity contribution in [1.29, 1.82) is 0 Å². The van der Waals surface area contributed by atoms with Crippen molar-refractivity contribution < 1.29 is 9.53 Å². The highest BCUT2D eigenvalue weighted by Gasteiger charge is 2.28. The lowest BCUT2D eigenvalue weighted by Gasteiger charge is -2.32. The monoisotopic (exact) mass is 346 g/mol. The van der Waals surface area contributed by atoms with E-state index in [-0.39, 0.29) is 29.1 Å². The molecule has 1 atom stereocenters. The van der Waals surface area contributed by atoms with Crippen LogP contribution >= 0.6 is 24.2 Å². The van der Waals surface area contributed by atoms with E-state index in [4.69, 9.17) is 10.5 Å². The predicted molar refractivity (Wildman–Crippen MR) is 96.1 cm³/mol. The van der Waals surface area contributed by atoms with Gasteiger partial charge in [0.2, 0.25) is 5.91 Å². The Morgan fingerprint density at radius 1 is 1.32 bits per heavy atom. The van der Waals surface area contributed by atoms with Crippen LogP contribution < -0.4 is 15.8 Å². The second-order valence-electron chi connectivity index (χ2n) is 5.12. The van der Waals surface area contributed by atoms with Gasteiger partial charge < -0.3 is 15.8 Å². The van der Waals surface area contributed by atoms with Gasteiger partial charge >= 0.3 is 0 Å². The van der Waals surface area contributed by atoms with Crippen LogP contribution in [0.25, 0.3) is 0 Å². The minimum absolute atomic E-state index is 0. The molecule has 1 unspecified atom stereocenters. The summed E-state index contributed by atoms with van der Waals surface area (Å²) in [7, 11) is 1.64. The van der Waals surface area contributed by atoms with Gasteiger partial charge in [-0.2, -0.15) is 0 Å². The number of benzene rings is 1. The van der Waals surface area contributed by atoms with E-state index in [0.29, 0.717) is 6.54 Å². The fourth-order valence-electron chi connectivity index (χ4n) is 2.04. The molecule has 0 aliphatic rings. The van der Waals surface area contributed by atoms with Crippen molar-refractivity contribution in [3.05, 3.63) is 24.3 Å². The fraction of sp³-hybridized carbons (Fsp3) is 0.562. The maximum absolute atomic E-state index is 12.4. The summed E-state index contributed by atoms with van der Waals surface area (Å²) in [5.74, 6) is 0.848. The van der Waals surface area contributed by atoms with Crippen molar-refractivity contribution in [2.45, 2.75) is 49.3 Å². The van der Waals surface area contributed by atoms with Crippen LogP contribution in [0, 0.1) is 0 Å². The molecule has 0 aromatic heterocycles. The van der Waals surface area contributed by atoms with Crippen molar-refractivity contribution in [3.8, 4) is 5.75 Å². The van der Waals surface area contributed by atoms with Gasteiger partial charge in [-0.15, -0.1) is 24.2 Å². The third-order valence-electron chi connectivity index (χ3n) is 3.87. The highest BCUT2D eigenvalue weighted by molar-refractivity contribution is 8.00. The number of hydrogen-bond donors (Lipinski definition) is 2. The van der Waals surface area contributed by atoms with Crippen molar-refractivity contribution >= 4 is 30.1 Å². The highest BCUT2D eigenvalue weighted by Crippen LogP contribution is 2.26. The minimum Gasteiger partial charge on any atom is -0.497 e. The van der Waals surface area contributed by atoms with Crippen LogP contribution in [0.15, 0.2) is 29.2 Å². The number of hydrogen-bond acceptors (Lipinski definition) is 4. The highest BCUT2D eigenvalue weighted by atomic mass is 35.5. The Morgan fingerprint density at radius 2 is 1.86 bits per heavy atom. The number of methoxy groups -OCH3 is 1. The molecule has 0 saturated heterocycles. The van der Waals surface area contributed by atoms with Gasteiger partial charge in [0.15, 0.2) is 0 Å². The average Bonchev–Trinajstić information content (AvgIpc) is 2.53. The molecular formula is C16H27ClN2O2S. The number of amides is 1. The second kappa shape index (κ2) is 9.98. The van der Waals surface area contributed by atoms with Crippen LogP contribution in [0.3, 0.4) is 0 Å². The lowest BCUT2D eigenvalue weighted by Crippen LogP contribution is -2.54. The quantitative estimate of drug-likeness (QED) is 0.709. The van der Waals surface area contributed by atoms with Crippen LogP contribution in [0.5, 0.6) is 5.75 Å². The topological polar surface area (TPSA) is 64.3 Å². The summed E-state index contributed by atoms with van der Waals surface area (Å²) in [6.07, 6.45) is 1.68. The van der Waals surface area contributed by atoms with E-state index in [9.17, 15) is 4.79 Å². The molecule has 4 nitrogen and oxygen atoms in total. The predicted octanol–water partition coefficient (Wildman–Crippen LogP) is 3.23. The zero-order valence-corrected chi connectivity index (χ0v) is 15.4. The molecule has 0 aliphatic carbocycles. The van der Waals surface area contributed by atoms with Crippen LogP contribution in [0.4, 0.5) is 0 Å². The lowest BCUT2D eigenvalue weighted by molar-refractivity contribution is -0.122. The van der Waals surface area contributed by atoms with Crippen molar-refractivity contribution in [3.63, 3.8) is 0 Å². The minimum atomic E-state index is -0.286. The van der Waals surface area contributed by atoms with E-state index < -0.39 is 0 Å². The van der Waals surface area contributed by atoms with Crippen LogP contribution in [-0.2, 0) is 4.79 Å². The van der Waals surface area contributed by atoms with Gasteiger partial charge in [-0.25, -0.2) is 0 Å². The van der Waals surface area contributed by atoms with E-state index in [0.717, 1.165) is 23.5 Å². The van der Waals surface area contributed by atoms with E-state index in [1.807, 2.05) is 31.2 Å².